The zero-order valence-corrected chi connectivity index (χ0v) is 11.3. The summed E-state index contributed by atoms with van der Waals surface area (Å²) < 4.78 is 5.50. The molecule has 1 amide bonds. The third-order valence-electron chi connectivity index (χ3n) is 2.77. The third kappa shape index (κ3) is 2.48. The summed E-state index contributed by atoms with van der Waals surface area (Å²) in [7, 11) is 0. The average Bonchev–Trinajstić information content (AvgIpc) is 2.81. The average molecular weight is 288 g/mol. The van der Waals surface area contributed by atoms with Crippen molar-refractivity contribution in [3.05, 3.63) is 53.1 Å². The molecule has 0 bridgehead atoms. The first-order valence-corrected chi connectivity index (χ1v) is 6.29. The Morgan fingerprint density at radius 3 is 2.90 bits per heavy atom. The van der Waals surface area contributed by atoms with Gasteiger partial charge in [-0.1, -0.05) is 23.2 Å². The van der Waals surface area contributed by atoms with Gasteiger partial charge >= 0.3 is 0 Å². The van der Waals surface area contributed by atoms with Gasteiger partial charge in [0.25, 0.3) is 5.91 Å². The Bertz CT molecular complexity index is 798. The maximum Gasteiger partial charge on any atom is 0.292 e. The highest BCUT2D eigenvalue weighted by Crippen LogP contribution is 2.21. The second kappa shape index (κ2) is 4.94. The van der Waals surface area contributed by atoms with E-state index in [1.54, 1.807) is 6.07 Å². The molecule has 0 aliphatic heterocycles. The van der Waals surface area contributed by atoms with Crippen LogP contribution in [0.3, 0.4) is 0 Å². The van der Waals surface area contributed by atoms with E-state index in [0.29, 0.717) is 11.4 Å². The molecule has 5 nitrogen and oxygen atoms in total. The van der Waals surface area contributed by atoms with E-state index in [4.69, 9.17) is 16.0 Å². The summed E-state index contributed by atoms with van der Waals surface area (Å²) in [4.78, 5) is 19.7. The molecule has 0 fully saturated rings. The van der Waals surface area contributed by atoms with E-state index in [0.717, 1.165) is 10.9 Å². The van der Waals surface area contributed by atoms with Crippen LogP contribution in [-0.4, -0.2) is 15.9 Å². The van der Waals surface area contributed by atoms with Crippen LogP contribution in [0.25, 0.3) is 11.0 Å². The smallest absolute Gasteiger partial charge is 0.292 e. The quantitative estimate of drug-likeness (QED) is 0.733. The predicted molar refractivity (Wildman–Crippen MR) is 75.9 cm³/mol. The van der Waals surface area contributed by atoms with Crippen molar-refractivity contribution in [2.45, 2.75) is 6.92 Å². The van der Waals surface area contributed by atoms with E-state index in [-0.39, 0.29) is 16.8 Å². The van der Waals surface area contributed by atoms with Crippen LogP contribution in [0.4, 0.5) is 5.82 Å². The van der Waals surface area contributed by atoms with Crippen LogP contribution in [0.1, 0.15) is 16.1 Å². The van der Waals surface area contributed by atoms with Gasteiger partial charge in [0.15, 0.2) is 5.76 Å². The highest BCUT2D eigenvalue weighted by molar-refractivity contribution is 6.29. The molecule has 0 radical (unpaired) electrons. The first-order valence-electron chi connectivity index (χ1n) is 5.91. The molecular formula is C14H10ClN3O2. The molecule has 2 heterocycles. The van der Waals surface area contributed by atoms with Gasteiger partial charge in [0.1, 0.15) is 22.9 Å². The highest BCUT2D eigenvalue weighted by atomic mass is 35.5. The number of aromatic nitrogens is 2. The fraction of sp³-hybridized carbons (Fsp3) is 0.0714. The number of fused-ring (bicyclic) bond motifs is 1. The number of benzene rings is 1. The molecule has 3 aromatic rings. The number of carbonyl (C=O) groups excluding carboxylic acids is 1. The zero-order chi connectivity index (χ0) is 14.1. The Labute approximate surface area is 119 Å². The lowest BCUT2D eigenvalue weighted by atomic mass is 10.2. The number of aryl methyl sites for hydroxylation is 1. The van der Waals surface area contributed by atoms with Crippen molar-refractivity contribution >= 4 is 34.3 Å². The number of rotatable bonds is 2. The standard InChI is InChI=1S/C14H10ClN3O2/c1-8-2-3-10-9(4-8)5-11(20-10)14(19)18-13-6-12(15)16-7-17-13/h2-7H,1H3,(H,16,17,18,19). The number of halogens is 1. The maximum atomic E-state index is 12.1. The zero-order valence-electron chi connectivity index (χ0n) is 10.6. The Morgan fingerprint density at radius 1 is 1.25 bits per heavy atom. The minimum Gasteiger partial charge on any atom is -0.451 e. The lowest BCUT2D eigenvalue weighted by Gasteiger charge is -2.01. The summed E-state index contributed by atoms with van der Waals surface area (Å²) in [5, 5.41) is 3.75. The number of hydrogen-bond donors (Lipinski definition) is 1. The number of hydrogen-bond acceptors (Lipinski definition) is 4. The fourth-order valence-electron chi connectivity index (χ4n) is 1.85. The Hall–Kier alpha value is -2.40. The molecule has 0 saturated heterocycles. The summed E-state index contributed by atoms with van der Waals surface area (Å²) in [5.74, 6) is 0.167. The monoisotopic (exact) mass is 287 g/mol. The second-order valence-electron chi connectivity index (χ2n) is 4.33. The first-order chi connectivity index (χ1) is 9.61. The van der Waals surface area contributed by atoms with Crippen LogP contribution >= 0.6 is 11.6 Å². The van der Waals surface area contributed by atoms with Crippen molar-refractivity contribution < 1.29 is 9.21 Å². The molecule has 0 unspecified atom stereocenters. The third-order valence-corrected chi connectivity index (χ3v) is 2.98. The van der Waals surface area contributed by atoms with Gasteiger partial charge in [0.2, 0.25) is 0 Å². The molecular weight excluding hydrogens is 278 g/mol. The van der Waals surface area contributed by atoms with E-state index in [9.17, 15) is 4.79 Å². The van der Waals surface area contributed by atoms with Crippen molar-refractivity contribution in [3.8, 4) is 0 Å². The van der Waals surface area contributed by atoms with E-state index >= 15 is 0 Å². The van der Waals surface area contributed by atoms with Crippen LogP contribution in [-0.2, 0) is 0 Å². The number of carbonyl (C=O) groups is 1. The lowest BCUT2D eigenvalue weighted by molar-refractivity contribution is 0.0998. The van der Waals surface area contributed by atoms with Gasteiger partial charge in [0, 0.05) is 11.5 Å². The molecule has 20 heavy (non-hydrogen) atoms. The number of nitrogens with zero attached hydrogens (tertiary/aromatic N) is 2. The minimum absolute atomic E-state index is 0.223. The molecule has 0 atom stereocenters. The Balaban J connectivity index is 1.88. The minimum atomic E-state index is -0.381. The summed E-state index contributed by atoms with van der Waals surface area (Å²) in [6, 6.07) is 8.88. The molecule has 0 aliphatic carbocycles. The van der Waals surface area contributed by atoms with Crippen LogP contribution in [0.15, 0.2) is 41.1 Å². The molecule has 0 saturated carbocycles. The maximum absolute atomic E-state index is 12.1. The van der Waals surface area contributed by atoms with Crippen LogP contribution < -0.4 is 5.32 Å². The topological polar surface area (TPSA) is 68.0 Å². The van der Waals surface area contributed by atoms with Crippen LogP contribution in [0.5, 0.6) is 0 Å². The van der Waals surface area contributed by atoms with Gasteiger partial charge in [0.05, 0.1) is 0 Å². The molecule has 1 aromatic carbocycles. The summed E-state index contributed by atoms with van der Waals surface area (Å²) in [6.07, 6.45) is 1.28. The fourth-order valence-corrected chi connectivity index (χ4v) is 2.00. The summed E-state index contributed by atoms with van der Waals surface area (Å²) in [6.45, 7) is 1.98. The number of furan rings is 1. The number of nitrogens with one attached hydrogen (secondary N) is 1. The SMILES string of the molecule is Cc1ccc2oc(C(=O)Nc3cc(Cl)ncn3)cc2c1. The van der Waals surface area contributed by atoms with Gasteiger partial charge in [-0.15, -0.1) is 0 Å². The first kappa shape index (κ1) is 12.6. The Kier molecular flexibility index (Phi) is 3.12. The molecule has 0 spiro atoms. The normalized spacial score (nSPS) is 10.7. The molecule has 0 aliphatic rings. The van der Waals surface area contributed by atoms with Gasteiger partial charge in [-0.2, -0.15) is 0 Å². The summed E-state index contributed by atoms with van der Waals surface area (Å²) in [5.41, 5.74) is 1.77. The molecule has 6 heteroatoms. The van der Waals surface area contributed by atoms with Gasteiger partial charge in [-0.05, 0) is 25.1 Å². The van der Waals surface area contributed by atoms with Crippen molar-refractivity contribution in [3.63, 3.8) is 0 Å². The van der Waals surface area contributed by atoms with Crippen molar-refractivity contribution in [2.24, 2.45) is 0 Å². The van der Waals surface area contributed by atoms with Crippen LogP contribution in [0, 0.1) is 6.92 Å². The lowest BCUT2D eigenvalue weighted by Crippen LogP contribution is -2.12. The number of anilines is 1. The van der Waals surface area contributed by atoms with E-state index in [1.165, 1.54) is 12.4 Å². The van der Waals surface area contributed by atoms with Crippen molar-refractivity contribution in [2.75, 3.05) is 5.32 Å². The van der Waals surface area contributed by atoms with E-state index < -0.39 is 0 Å². The predicted octanol–water partition coefficient (Wildman–Crippen LogP) is 3.44. The Morgan fingerprint density at radius 2 is 2.10 bits per heavy atom. The second-order valence-corrected chi connectivity index (χ2v) is 4.72. The van der Waals surface area contributed by atoms with Crippen molar-refractivity contribution in [1.29, 1.82) is 0 Å². The largest absolute Gasteiger partial charge is 0.451 e. The van der Waals surface area contributed by atoms with Gasteiger partial charge in [-0.3, -0.25) is 4.79 Å². The van der Waals surface area contributed by atoms with Gasteiger partial charge < -0.3 is 9.73 Å². The molecule has 1 N–H and O–H groups in total. The van der Waals surface area contributed by atoms with E-state index in [1.807, 2.05) is 25.1 Å². The van der Waals surface area contributed by atoms with Crippen molar-refractivity contribution in [1.82, 2.24) is 9.97 Å². The molecule has 2 aromatic heterocycles. The van der Waals surface area contributed by atoms with Gasteiger partial charge in [-0.25, -0.2) is 9.97 Å². The van der Waals surface area contributed by atoms with E-state index in [2.05, 4.69) is 15.3 Å². The van der Waals surface area contributed by atoms with Crippen LogP contribution in [0.2, 0.25) is 5.15 Å². The summed E-state index contributed by atoms with van der Waals surface area (Å²) >= 11 is 5.73. The number of amides is 1. The molecule has 3 rings (SSSR count). The highest BCUT2D eigenvalue weighted by Gasteiger charge is 2.13. The molecule has 100 valence electrons.